The highest BCUT2D eigenvalue weighted by molar-refractivity contribution is 5.96. The number of hydrogen-bond donors (Lipinski definition) is 0. The second kappa shape index (κ2) is 10.6. The van der Waals surface area contributed by atoms with Gasteiger partial charge in [0.25, 0.3) is 5.91 Å². The molecule has 166 valence electrons. The molecule has 0 atom stereocenters. The third-order valence-electron chi connectivity index (χ3n) is 5.30. The molecule has 0 saturated carbocycles. The molecule has 0 bridgehead atoms. The lowest BCUT2D eigenvalue weighted by Gasteiger charge is -2.20. The Morgan fingerprint density at radius 2 is 1.72 bits per heavy atom. The molecule has 3 aromatic rings. The number of likely N-dealkylation sites (N-methyl/N-ethyl adjacent to an activating group) is 1. The minimum absolute atomic E-state index is 0.265. The average Bonchev–Trinajstić information content (AvgIpc) is 3.06. The summed E-state index contributed by atoms with van der Waals surface area (Å²) in [6, 6.07) is 17.7. The number of para-hydroxylation sites is 1. The first-order valence-electron chi connectivity index (χ1n) is 10.7. The van der Waals surface area contributed by atoms with E-state index in [9.17, 15) is 9.59 Å². The minimum atomic E-state index is -0.562. The molecule has 0 spiro atoms. The number of aryl methyl sites for hydroxylation is 2. The topological polar surface area (TPSA) is 64.4 Å². The highest BCUT2D eigenvalue weighted by Crippen LogP contribution is 2.17. The van der Waals surface area contributed by atoms with Gasteiger partial charge >= 0.3 is 5.97 Å². The summed E-state index contributed by atoms with van der Waals surface area (Å²) in [5.74, 6) is -0.828. The fraction of sp³-hybridized carbons (Fsp3) is 0.269. The molecule has 0 aliphatic carbocycles. The number of amides is 1. The van der Waals surface area contributed by atoms with Gasteiger partial charge in [-0.2, -0.15) is 5.10 Å². The Morgan fingerprint density at radius 3 is 2.38 bits per heavy atom. The van der Waals surface area contributed by atoms with Crippen LogP contribution in [0.15, 0.2) is 60.7 Å². The lowest BCUT2D eigenvalue weighted by Crippen LogP contribution is -2.34. The van der Waals surface area contributed by atoms with Gasteiger partial charge in [-0.05, 0) is 51.5 Å². The highest BCUT2D eigenvalue weighted by atomic mass is 16.5. The molecule has 1 heterocycles. The zero-order valence-electron chi connectivity index (χ0n) is 19.0. The van der Waals surface area contributed by atoms with Crippen LogP contribution in [0.5, 0.6) is 0 Å². The Labute approximate surface area is 189 Å². The zero-order chi connectivity index (χ0) is 23.1. The molecular formula is C26H29N3O3. The summed E-state index contributed by atoms with van der Waals surface area (Å²) in [5, 5.41) is 4.60. The largest absolute Gasteiger partial charge is 0.452 e. The number of rotatable bonds is 8. The first-order valence-corrected chi connectivity index (χ1v) is 10.7. The maximum atomic E-state index is 12.5. The number of carbonyl (C=O) groups excluding carboxylic acids is 2. The van der Waals surface area contributed by atoms with Crippen molar-refractivity contribution in [2.45, 2.75) is 34.2 Å². The Morgan fingerprint density at radius 1 is 1.03 bits per heavy atom. The van der Waals surface area contributed by atoms with E-state index >= 15 is 0 Å². The van der Waals surface area contributed by atoms with Crippen molar-refractivity contribution in [3.63, 3.8) is 0 Å². The van der Waals surface area contributed by atoms with Crippen LogP contribution in [0.3, 0.4) is 0 Å². The van der Waals surface area contributed by atoms with Gasteiger partial charge in [0.15, 0.2) is 6.61 Å². The molecule has 0 N–H and O–H groups in total. The molecule has 1 aromatic heterocycles. The van der Waals surface area contributed by atoms with Crippen LogP contribution in [-0.2, 0) is 20.9 Å². The summed E-state index contributed by atoms with van der Waals surface area (Å²) >= 11 is 0. The summed E-state index contributed by atoms with van der Waals surface area (Å²) in [6.07, 6.45) is 3.05. The van der Waals surface area contributed by atoms with Crippen molar-refractivity contribution in [2.75, 3.05) is 18.1 Å². The van der Waals surface area contributed by atoms with Crippen LogP contribution in [-0.4, -0.2) is 34.8 Å². The van der Waals surface area contributed by atoms with Gasteiger partial charge in [0.2, 0.25) is 0 Å². The lowest BCUT2D eigenvalue weighted by atomic mass is 10.1. The Hall–Kier alpha value is -3.67. The molecule has 32 heavy (non-hydrogen) atoms. The Balaban J connectivity index is 1.61. The van der Waals surface area contributed by atoms with Gasteiger partial charge in [0.1, 0.15) is 0 Å². The number of benzene rings is 2. The number of hydrogen-bond acceptors (Lipinski definition) is 4. The zero-order valence-corrected chi connectivity index (χ0v) is 19.0. The molecule has 6 nitrogen and oxygen atoms in total. The predicted octanol–water partition coefficient (Wildman–Crippen LogP) is 4.47. The fourth-order valence-corrected chi connectivity index (χ4v) is 3.49. The molecule has 2 aromatic carbocycles. The molecular weight excluding hydrogens is 402 g/mol. The molecule has 6 heteroatoms. The van der Waals surface area contributed by atoms with E-state index in [1.807, 2.05) is 55.8 Å². The maximum Gasteiger partial charge on any atom is 0.331 e. The van der Waals surface area contributed by atoms with Gasteiger partial charge in [-0.3, -0.25) is 9.48 Å². The first-order chi connectivity index (χ1) is 15.4. The third-order valence-corrected chi connectivity index (χ3v) is 5.30. The fourth-order valence-electron chi connectivity index (χ4n) is 3.49. The van der Waals surface area contributed by atoms with Crippen LogP contribution < -0.4 is 4.90 Å². The number of anilines is 1. The summed E-state index contributed by atoms with van der Waals surface area (Å²) < 4.78 is 7.10. The number of carbonyl (C=O) groups is 2. The highest BCUT2D eigenvalue weighted by Gasteiger charge is 2.15. The molecule has 0 radical (unpaired) electrons. The number of nitrogens with zero attached hydrogens (tertiary/aromatic N) is 3. The van der Waals surface area contributed by atoms with Gasteiger partial charge < -0.3 is 9.64 Å². The van der Waals surface area contributed by atoms with Gasteiger partial charge in [-0.15, -0.1) is 0 Å². The smallest absolute Gasteiger partial charge is 0.331 e. The van der Waals surface area contributed by atoms with Crippen molar-refractivity contribution >= 4 is 23.6 Å². The summed E-state index contributed by atoms with van der Waals surface area (Å²) in [7, 11) is 0. The lowest BCUT2D eigenvalue weighted by molar-refractivity contribution is -0.142. The minimum Gasteiger partial charge on any atom is -0.452 e. The van der Waals surface area contributed by atoms with E-state index in [2.05, 4.69) is 36.3 Å². The molecule has 3 rings (SSSR count). The van der Waals surface area contributed by atoms with Crippen molar-refractivity contribution in [3.05, 3.63) is 88.8 Å². The van der Waals surface area contributed by atoms with E-state index in [-0.39, 0.29) is 12.5 Å². The van der Waals surface area contributed by atoms with Crippen LogP contribution in [0.2, 0.25) is 0 Å². The molecule has 0 aliphatic rings. The van der Waals surface area contributed by atoms with Gasteiger partial charge in [-0.25, -0.2) is 4.79 Å². The number of aromatic nitrogens is 2. The van der Waals surface area contributed by atoms with E-state index < -0.39 is 5.97 Å². The van der Waals surface area contributed by atoms with Crippen LogP contribution in [0.4, 0.5) is 5.69 Å². The monoisotopic (exact) mass is 431 g/mol. The van der Waals surface area contributed by atoms with Crippen molar-refractivity contribution < 1.29 is 14.3 Å². The van der Waals surface area contributed by atoms with Gasteiger partial charge in [0.05, 0.1) is 12.2 Å². The molecule has 0 aliphatic heterocycles. The summed E-state index contributed by atoms with van der Waals surface area (Å²) in [6.45, 7) is 8.67. The Kier molecular flexibility index (Phi) is 7.60. The molecule has 0 unspecified atom stereocenters. The second-order valence-corrected chi connectivity index (χ2v) is 7.64. The number of esters is 1. The van der Waals surface area contributed by atoms with E-state index in [0.29, 0.717) is 13.1 Å². The van der Waals surface area contributed by atoms with Crippen LogP contribution >= 0.6 is 0 Å². The van der Waals surface area contributed by atoms with E-state index in [4.69, 9.17) is 4.74 Å². The van der Waals surface area contributed by atoms with Crippen LogP contribution in [0.1, 0.15) is 35.0 Å². The quantitative estimate of drug-likeness (QED) is 0.390. The van der Waals surface area contributed by atoms with E-state index in [0.717, 1.165) is 28.2 Å². The van der Waals surface area contributed by atoms with Crippen LogP contribution in [0.25, 0.3) is 6.08 Å². The van der Waals surface area contributed by atoms with Crippen molar-refractivity contribution in [3.8, 4) is 0 Å². The normalized spacial score (nSPS) is 11.0. The maximum absolute atomic E-state index is 12.5. The summed E-state index contributed by atoms with van der Waals surface area (Å²) in [4.78, 5) is 26.3. The average molecular weight is 432 g/mol. The molecule has 0 fully saturated rings. The molecule has 1 amide bonds. The van der Waals surface area contributed by atoms with Crippen LogP contribution in [0, 0.1) is 20.8 Å². The first kappa shape index (κ1) is 23.0. The van der Waals surface area contributed by atoms with Gasteiger partial charge in [0, 0.05) is 29.6 Å². The third kappa shape index (κ3) is 5.72. The predicted molar refractivity (Wildman–Crippen MR) is 126 cm³/mol. The standard InChI is InChI=1S/C26H29N3O3/c1-5-28(23-9-7-6-8-10-23)25(30)18-32-26(31)16-15-24-20(3)27-29(21(24)4)17-22-13-11-19(2)12-14-22/h6-16H,5,17-18H2,1-4H3/b16-15+. The van der Waals surface area contributed by atoms with Gasteiger partial charge in [-0.1, -0.05) is 48.0 Å². The van der Waals surface area contributed by atoms with Crippen molar-refractivity contribution in [2.24, 2.45) is 0 Å². The van der Waals surface area contributed by atoms with E-state index in [1.165, 1.54) is 11.6 Å². The summed E-state index contributed by atoms with van der Waals surface area (Å²) in [5.41, 5.74) is 5.82. The SMILES string of the molecule is CCN(C(=O)COC(=O)/C=C/c1c(C)nn(Cc2ccc(C)cc2)c1C)c1ccccc1. The second-order valence-electron chi connectivity index (χ2n) is 7.64. The Bertz CT molecular complexity index is 1100. The van der Waals surface area contributed by atoms with Crippen molar-refractivity contribution in [1.29, 1.82) is 0 Å². The van der Waals surface area contributed by atoms with E-state index in [1.54, 1.807) is 11.0 Å². The number of ether oxygens (including phenoxy) is 1. The molecule has 0 saturated heterocycles. The van der Waals surface area contributed by atoms with Crippen molar-refractivity contribution in [1.82, 2.24) is 9.78 Å².